The Morgan fingerprint density at radius 2 is 2.10 bits per heavy atom. The molecule has 4 heteroatoms. The van der Waals surface area contributed by atoms with Crippen molar-refractivity contribution in [2.75, 3.05) is 6.61 Å². The number of hydrogen-bond donors (Lipinski definition) is 2. The van der Waals surface area contributed by atoms with E-state index in [0.29, 0.717) is 12.1 Å². The van der Waals surface area contributed by atoms with Crippen LogP contribution in [-0.4, -0.2) is 17.6 Å². The summed E-state index contributed by atoms with van der Waals surface area (Å²) in [4.78, 5) is 12.2. The summed E-state index contributed by atoms with van der Waals surface area (Å²) in [5.41, 5.74) is 4.63. The minimum Gasteiger partial charge on any atom is -0.384 e. The van der Waals surface area contributed by atoms with Gasteiger partial charge >= 0.3 is 0 Å². The van der Waals surface area contributed by atoms with E-state index in [-0.39, 0.29) is 12.5 Å². The third-order valence-corrected chi connectivity index (χ3v) is 3.96. The molecule has 0 aliphatic rings. The maximum Gasteiger partial charge on any atom is 0.251 e. The monoisotopic (exact) mass is 299 g/mol. The summed E-state index contributed by atoms with van der Waals surface area (Å²) in [5, 5.41) is 15.8. The first-order chi connectivity index (χ1) is 10.1. The van der Waals surface area contributed by atoms with Crippen LogP contribution in [0.4, 0.5) is 0 Å². The number of carbonyl (C=O) groups is 1. The van der Waals surface area contributed by atoms with Crippen LogP contribution in [0.15, 0.2) is 29.0 Å². The van der Waals surface area contributed by atoms with Gasteiger partial charge in [0.25, 0.3) is 5.91 Å². The van der Waals surface area contributed by atoms with Gasteiger partial charge in [0, 0.05) is 17.7 Å². The van der Waals surface area contributed by atoms with Gasteiger partial charge in [0.05, 0.1) is 0 Å². The van der Waals surface area contributed by atoms with Crippen LogP contribution >= 0.6 is 11.3 Å². The molecule has 0 saturated heterocycles. The maximum atomic E-state index is 12.2. The van der Waals surface area contributed by atoms with Crippen LogP contribution in [0.2, 0.25) is 0 Å². The number of thiophene rings is 1. The van der Waals surface area contributed by atoms with Crippen molar-refractivity contribution in [3.63, 3.8) is 0 Å². The number of amides is 1. The van der Waals surface area contributed by atoms with Crippen molar-refractivity contribution in [1.29, 1.82) is 0 Å². The number of nitrogens with one attached hydrogen (secondary N) is 1. The van der Waals surface area contributed by atoms with Crippen LogP contribution in [0, 0.1) is 25.7 Å². The predicted octanol–water partition coefficient (Wildman–Crippen LogP) is 2.64. The third-order valence-electron chi connectivity index (χ3n) is 3.05. The number of rotatable bonds is 3. The lowest BCUT2D eigenvalue weighted by Crippen LogP contribution is -2.23. The normalized spacial score (nSPS) is 9.86. The summed E-state index contributed by atoms with van der Waals surface area (Å²) in [6, 6.07) is 5.47. The molecule has 2 rings (SSSR count). The molecule has 1 aromatic carbocycles. The molecule has 21 heavy (non-hydrogen) atoms. The van der Waals surface area contributed by atoms with E-state index >= 15 is 0 Å². The van der Waals surface area contributed by atoms with Gasteiger partial charge in [-0.3, -0.25) is 4.79 Å². The molecule has 2 N–H and O–H groups in total. The van der Waals surface area contributed by atoms with Crippen LogP contribution < -0.4 is 5.32 Å². The van der Waals surface area contributed by atoms with Gasteiger partial charge in [-0.05, 0) is 59.5 Å². The van der Waals surface area contributed by atoms with Gasteiger partial charge in [-0.2, -0.15) is 11.3 Å². The van der Waals surface area contributed by atoms with Gasteiger partial charge < -0.3 is 10.4 Å². The first-order valence-electron chi connectivity index (χ1n) is 6.61. The second kappa shape index (κ2) is 7.07. The van der Waals surface area contributed by atoms with Crippen molar-refractivity contribution in [3.8, 4) is 11.8 Å². The van der Waals surface area contributed by atoms with E-state index in [2.05, 4.69) is 22.5 Å². The smallest absolute Gasteiger partial charge is 0.251 e. The van der Waals surface area contributed by atoms with Gasteiger partial charge in [0.1, 0.15) is 6.61 Å². The first kappa shape index (κ1) is 15.3. The van der Waals surface area contributed by atoms with Crippen LogP contribution in [0.25, 0.3) is 0 Å². The fourth-order valence-corrected chi connectivity index (χ4v) is 2.83. The molecular weight excluding hydrogens is 282 g/mol. The van der Waals surface area contributed by atoms with E-state index in [1.807, 2.05) is 31.4 Å². The Morgan fingerprint density at radius 3 is 2.76 bits per heavy atom. The highest BCUT2D eigenvalue weighted by Crippen LogP contribution is 2.14. The van der Waals surface area contributed by atoms with Crippen molar-refractivity contribution in [2.45, 2.75) is 20.4 Å². The van der Waals surface area contributed by atoms with Crippen molar-refractivity contribution in [1.82, 2.24) is 5.32 Å². The molecule has 3 nitrogen and oxygen atoms in total. The second-order valence-electron chi connectivity index (χ2n) is 4.81. The molecule has 108 valence electrons. The van der Waals surface area contributed by atoms with E-state index in [0.717, 1.165) is 16.7 Å². The van der Waals surface area contributed by atoms with Crippen LogP contribution in [0.3, 0.4) is 0 Å². The van der Waals surface area contributed by atoms with E-state index in [1.165, 1.54) is 5.56 Å². The predicted molar refractivity (Wildman–Crippen MR) is 85.4 cm³/mol. The quantitative estimate of drug-likeness (QED) is 0.856. The molecule has 0 fully saturated rings. The lowest BCUT2D eigenvalue weighted by atomic mass is 10.1. The van der Waals surface area contributed by atoms with E-state index in [1.54, 1.807) is 17.4 Å². The highest BCUT2D eigenvalue weighted by molar-refractivity contribution is 7.08. The summed E-state index contributed by atoms with van der Waals surface area (Å²) in [5.74, 6) is 5.31. The van der Waals surface area contributed by atoms with Gasteiger partial charge in [-0.25, -0.2) is 0 Å². The molecule has 1 heterocycles. The van der Waals surface area contributed by atoms with Gasteiger partial charge in [-0.1, -0.05) is 11.8 Å². The Balaban J connectivity index is 2.11. The topological polar surface area (TPSA) is 49.3 Å². The van der Waals surface area contributed by atoms with E-state index < -0.39 is 0 Å². The summed E-state index contributed by atoms with van der Waals surface area (Å²) in [7, 11) is 0. The zero-order chi connectivity index (χ0) is 15.2. The molecule has 1 aromatic heterocycles. The molecule has 0 bridgehead atoms. The molecule has 0 aliphatic carbocycles. The summed E-state index contributed by atoms with van der Waals surface area (Å²) in [6.07, 6.45) is 0. The Kier molecular flexibility index (Phi) is 5.15. The Morgan fingerprint density at radius 1 is 1.29 bits per heavy atom. The lowest BCUT2D eigenvalue weighted by molar-refractivity contribution is 0.0951. The fraction of sp³-hybridized carbons (Fsp3) is 0.235. The lowest BCUT2D eigenvalue weighted by Gasteiger charge is -2.07. The molecule has 2 aromatic rings. The van der Waals surface area contributed by atoms with Gasteiger partial charge in [0.2, 0.25) is 0 Å². The molecular formula is C17H17NO2S. The highest BCUT2D eigenvalue weighted by Gasteiger charge is 2.08. The van der Waals surface area contributed by atoms with Gasteiger partial charge in [-0.15, -0.1) is 0 Å². The van der Waals surface area contributed by atoms with Gasteiger partial charge in [0.15, 0.2) is 0 Å². The number of aryl methyl sites for hydroxylation is 2. The maximum absolute atomic E-state index is 12.2. The van der Waals surface area contributed by atoms with Crippen molar-refractivity contribution < 1.29 is 9.90 Å². The number of carbonyl (C=O) groups excluding carboxylic acids is 1. The van der Waals surface area contributed by atoms with Crippen molar-refractivity contribution in [3.05, 3.63) is 56.8 Å². The Labute approximate surface area is 128 Å². The van der Waals surface area contributed by atoms with Crippen LogP contribution in [0.1, 0.15) is 32.6 Å². The largest absolute Gasteiger partial charge is 0.384 e. The number of aliphatic hydroxyl groups is 1. The highest BCUT2D eigenvalue weighted by atomic mass is 32.1. The molecule has 0 saturated carbocycles. The molecule has 0 spiro atoms. The van der Waals surface area contributed by atoms with Crippen molar-refractivity contribution >= 4 is 17.2 Å². The fourth-order valence-electron chi connectivity index (χ4n) is 1.97. The van der Waals surface area contributed by atoms with Crippen molar-refractivity contribution in [2.24, 2.45) is 0 Å². The summed E-state index contributed by atoms with van der Waals surface area (Å²) in [6.45, 7) is 4.30. The molecule has 0 atom stereocenters. The number of aliphatic hydroxyl groups excluding tert-OH is 1. The average Bonchev–Trinajstić information content (AvgIpc) is 2.87. The molecule has 0 radical (unpaired) electrons. The average molecular weight is 299 g/mol. The first-order valence-corrected chi connectivity index (χ1v) is 7.55. The molecule has 1 amide bonds. The SMILES string of the molecule is Cc1cc(C#CCO)cc(C(=O)NCc2cscc2C)c1. The van der Waals surface area contributed by atoms with E-state index in [9.17, 15) is 4.79 Å². The van der Waals surface area contributed by atoms with Crippen LogP contribution in [0.5, 0.6) is 0 Å². The molecule has 0 unspecified atom stereocenters. The zero-order valence-electron chi connectivity index (χ0n) is 12.1. The summed E-state index contributed by atoms with van der Waals surface area (Å²) < 4.78 is 0. The standard InChI is InChI=1S/C17H17NO2S/c1-12-6-14(4-3-5-19)8-15(7-12)17(20)18-9-16-11-21-10-13(16)2/h6-8,10-11,19H,5,9H2,1-2H3,(H,18,20). The Bertz CT molecular complexity index is 707. The zero-order valence-corrected chi connectivity index (χ0v) is 12.9. The minimum atomic E-state index is -0.188. The van der Waals surface area contributed by atoms with E-state index in [4.69, 9.17) is 5.11 Å². The third kappa shape index (κ3) is 4.19. The van der Waals surface area contributed by atoms with Crippen LogP contribution in [-0.2, 0) is 6.54 Å². The minimum absolute atomic E-state index is 0.114. The second-order valence-corrected chi connectivity index (χ2v) is 5.55. The summed E-state index contributed by atoms with van der Waals surface area (Å²) >= 11 is 1.63. The number of benzene rings is 1. The Hall–Kier alpha value is -2.09. The molecule has 0 aliphatic heterocycles. The number of hydrogen-bond acceptors (Lipinski definition) is 3.